The summed E-state index contributed by atoms with van der Waals surface area (Å²) in [6.45, 7) is 4.50. The Balaban J connectivity index is 1.55. The molecule has 0 fully saturated rings. The van der Waals surface area contributed by atoms with E-state index in [4.69, 9.17) is 0 Å². The third-order valence-corrected chi connectivity index (χ3v) is 6.67. The van der Waals surface area contributed by atoms with Crippen molar-refractivity contribution in [2.75, 3.05) is 19.6 Å². The number of rotatable bonds is 7. The summed E-state index contributed by atoms with van der Waals surface area (Å²) in [6, 6.07) is 17.6. The second kappa shape index (κ2) is 10.4. The van der Waals surface area contributed by atoms with Crippen LogP contribution in [0.2, 0.25) is 0 Å². The first kappa shape index (κ1) is 22.7. The van der Waals surface area contributed by atoms with E-state index in [2.05, 4.69) is 6.58 Å². The molecule has 1 atom stereocenters. The molecule has 4 nitrogen and oxygen atoms in total. The highest BCUT2D eigenvalue weighted by atomic mass is 32.1. The fourth-order valence-electron chi connectivity index (χ4n) is 4.07. The van der Waals surface area contributed by atoms with Crippen molar-refractivity contribution >= 4 is 29.2 Å². The number of carbonyl (C=O) groups is 2. The predicted octanol–water partition coefficient (Wildman–Crippen LogP) is 5.09. The lowest BCUT2D eigenvalue weighted by atomic mass is 9.93. The summed E-state index contributed by atoms with van der Waals surface area (Å²) >= 11 is 1.67. The van der Waals surface area contributed by atoms with Crippen LogP contribution in [0.4, 0.5) is 4.39 Å². The predicted molar refractivity (Wildman–Crippen MR) is 130 cm³/mol. The zero-order valence-electron chi connectivity index (χ0n) is 18.2. The molecule has 0 saturated heterocycles. The van der Waals surface area contributed by atoms with Gasteiger partial charge in [0.1, 0.15) is 12.4 Å². The van der Waals surface area contributed by atoms with Gasteiger partial charge in [-0.2, -0.15) is 0 Å². The van der Waals surface area contributed by atoms with Crippen LogP contribution in [-0.2, 0) is 16.0 Å². The average Bonchev–Trinajstić information content (AvgIpc) is 3.32. The van der Waals surface area contributed by atoms with E-state index >= 15 is 0 Å². The molecule has 0 aliphatic carbocycles. The van der Waals surface area contributed by atoms with Gasteiger partial charge in [0, 0.05) is 24.0 Å². The summed E-state index contributed by atoms with van der Waals surface area (Å²) in [5, 5.41) is 2.02. The van der Waals surface area contributed by atoms with E-state index in [9.17, 15) is 14.0 Å². The molecule has 6 heteroatoms. The molecule has 168 valence electrons. The van der Waals surface area contributed by atoms with Crippen LogP contribution in [-0.4, -0.2) is 41.2 Å². The molecule has 2 amide bonds. The molecule has 0 bridgehead atoms. The van der Waals surface area contributed by atoms with Crippen LogP contribution < -0.4 is 0 Å². The molecule has 0 spiro atoms. The van der Waals surface area contributed by atoms with Crippen LogP contribution in [0.5, 0.6) is 0 Å². The van der Waals surface area contributed by atoms with Crippen molar-refractivity contribution in [2.45, 2.75) is 12.5 Å². The fourth-order valence-corrected chi connectivity index (χ4v) is 4.97. The molecule has 2 heterocycles. The summed E-state index contributed by atoms with van der Waals surface area (Å²) in [6.07, 6.45) is 5.60. The summed E-state index contributed by atoms with van der Waals surface area (Å²) in [5.74, 6) is -0.714. The van der Waals surface area contributed by atoms with Gasteiger partial charge in [-0.05, 0) is 52.8 Å². The van der Waals surface area contributed by atoms with Gasteiger partial charge >= 0.3 is 0 Å². The Kier molecular flexibility index (Phi) is 7.15. The third kappa shape index (κ3) is 5.29. The molecule has 0 radical (unpaired) electrons. The second-order valence-electron chi connectivity index (χ2n) is 7.84. The standard InChI is InChI=1S/C27H25FN2O2S/c1-2-16-29(25(31)13-8-20-6-4-3-5-7-20)19-26(32)30-17-14-24-23(15-18-33-24)27(30)21-9-11-22(28)12-10-21/h2-13,15,18,27H,1,14,16-17,19H2/b13-8+/t27-/m0/s1. The Labute approximate surface area is 197 Å². The topological polar surface area (TPSA) is 40.6 Å². The van der Waals surface area contributed by atoms with Gasteiger partial charge in [-0.1, -0.05) is 48.5 Å². The van der Waals surface area contributed by atoms with Gasteiger partial charge in [-0.15, -0.1) is 17.9 Å². The van der Waals surface area contributed by atoms with Crippen molar-refractivity contribution in [1.29, 1.82) is 0 Å². The lowest BCUT2D eigenvalue weighted by Gasteiger charge is -2.37. The van der Waals surface area contributed by atoms with Gasteiger partial charge in [0.25, 0.3) is 0 Å². The summed E-state index contributed by atoms with van der Waals surface area (Å²) < 4.78 is 13.5. The molecule has 3 aromatic rings. The van der Waals surface area contributed by atoms with Crippen molar-refractivity contribution in [2.24, 2.45) is 0 Å². The first-order valence-electron chi connectivity index (χ1n) is 10.8. The van der Waals surface area contributed by atoms with Gasteiger partial charge in [0.2, 0.25) is 11.8 Å². The molecule has 0 N–H and O–H groups in total. The maximum atomic E-state index is 13.5. The molecular weight excluding hydrogens is 435 g/mol. The minimum absolute atomic E-state index is 0.0544. The largest absolute Gasteiger partial charge is 0.330 e. The van der Waals surface area contributed by atoms with E-state index in [1.165, 1.54) is 28.0 Å². The van der Waals surface area contributed by atoms with Gasteiger partial charge < -0.3 is 9.80 Å². The van der Waals surface area contributed by atoms with Crippen molar-refractivity contribution in [3.63, 3.8) is 0 Å². The Morgan fingerprint density at radius 2 is 1.88 bits per heavy atom. The maximum Gasteiger partial charge on any atom is 0.247 e. The Hall–Kier alpha value is -3.51. The Morgan fingerprint density at radius 1 is 1.12 bits per heavy atom. The number of amides is 2. The average molecular weight is 461 g/mol. The van der Waals surface area contributed by atoms with Gasteiger partial charge in [-0.25, -0.2) is 4.39 Å². The van der Waals surface area contributed by atoms with Gasteiger partial charge in [0.05, 0.1) is 6.04 Å². The number of carbonyl (C=O) groups excluding carboxylic acids is 2. The van der Waals surface area contributed by atoms with Crippen LogP contribution in [0.25, 0.3) is 6.08 Å². The normalized spacial score (nSPS) is 15.3. The Morgan fingerprint density at radius 3 is 2.61 bits per heavy atom. The number of thiophene rings is 1. The van der Waals surface area contributed by atoms with Gasteiger partial charge in [-0.3, -0.25) is 9.59 Å². The SMILES string of the molecule is C=CCN(CC(=O)N1CCc2sccc2[C@@H]1c1ccc(F)cc1)C(=O)/C=C/c1ccccc1. The molecule has 0 saturated carbocycles. The molecule has 2 aromatic carbocycles. The second-order valence-corrected chi connectivity index (χ2v) is 8.84. The van der Waals surface area contributed by atoms with Crippen LogP contribution in [0.3, 0.4) is 0 Å². The van der Waals surface area contributed by atoms with Crippen molar-refractivity contribution in [3.05, 3.63) is 112 Å². The van der Waals surface area contributed by atoms with Crippen LogP contribution >= 0.6 is 11.3 Å². The first-order valence-corrected chi connectivity index (χ1v) is 11.7. The Bertz CT molecular complexity index is 1150. The molecular formula is C27H25FN2O2S. The number of benzene rings is 2. The van der Waals surface area contributed by atoms with E-state index in [1.54, 1.807) is 40.5 Å². The van der Waals surface area contributed by atoms with Crippen molar-refractivity contribution in [3.8, 4) is 0 Å². The molecule has 0 unspecified atom stereocenters. The van der Waals surface area contributed by atoms with Gasteiger partial charge in [0.15, 0.2) is 0 Å². The van der Waals surface area contributed by atoms with Crippen LogP contribution in [0.1, 0.15) is 27.6 Å². The number of hydrogen-bond acceptors (Lipinski definition) is 3. The quantitative estimate of drug-likeness (QED) is 0.364. The zero-order chi connectivity index (χ0) is 23.2. The van der Waals surface area contributed by atoms with E-state index in [1.807, 2.05) is 41.8 Å². The minimum Gasteiger partial charge on any atom is -0.330 e. The first-order chi connectivity index (χ1) is 16.1. The van der Waals surface area contributed by atoms with E-state index < -0.39 is 0 Å². The summed E-state index contributed by atoms with van der Waals surface area (Å²) in [5.41, 5.74) is 2.83. The number of nitrogens with zero attached hydrogens (tertiary/aromatic N) is 2. The number of hydrogen-bond donors (Lipinski definition) is 0. The van der Waals surface area contributed by atoms with E-state index in [0.29, 0.717) is 6.54 Å². The molecule has 1 aromatic heterocycles. The monoisotopic (exact) mass is 460 g/mol. The molecule has 4 rings (SSSR count). The number of fused-ring (bicyclic) bond motifs is 1. The van der Waals surface area contributed by atoms with E-state index in [-0.39, 0.29) is 36.8 Å². The summed E-state index contributed by atoms with van der Waals surface area (Å²) in [7, 11) is 0. The number of halogens is 1. The molecule has 1 aliphatic heterocycles. The van der Waals surface area contributed by atoms with Crippen LogP contribution in [0, 0.1) is 5.82 Å². The van der Waals surface area contributed by atoms with Crippen molar-refractivity contribution in [1.82, 2.24) is 9.80 Å². The van der Waals surface area contributed by atoms with E-state index in [0.717, 1.165) is 23.1 Å². The smallest absolute Gasteiger partial charge is 0.247 e. The fraction of sp³-hybridized carbons (Fsp3) is 0.185. The van der Waals surface area contributed by atoms with Crippen LogP contribution in [0.15, 0.2) is 84.8 Å². The highest BCUT2D eigenvalue weighted by molar-refractivity contribution is 7.10. The minimum atomic E-state index is -0.314. The lowest BCUT2D eigenvalue weighted by molar-refractivity contribution is -0.139. The highest BCUT2D eigenvalue weighted by Gasteiger charge is 2.33. The zero-order valence-corrected chi connectivity index (χ0v) is 19.0. The summed E-state index contributed by atoms with van der Waals surface area (Å²) in [4.78, 5) is 30.8. The molecule has 1 aliphatic rings. The third-order valence-electron chi connectivity index (χ3n) is 5.68. The molecule has 33 heavy (non-hydrogen) atoms. The van der Waals surface area contributed by atoms with Crippen molar-refractivity contribution < 1.29 is 14.0 Å². The lowest BCUT2D eigenvalue weighted by Crippen LogP contribution is -2.46. The highest BCUT2D eigenvalue weighted by Crippen LogP contribution is 2.37. The maximum absolute atomic E-state index is 13.5.